The van der Waals surface area contributed by atoms with Crippen molar-refractivity contribution in [2.45, 2.75) is 50.7 Å². The van der Waals surface area contributed by atoms with E-state index in [1.165, 1.54) is 6.20 Å². The quantitative estimate of drug-likeness (QED) is 0.853. The van der Waals surface area contributed by atoms with Gasteiger partial charge in [-0.25, -0.2) is 4.98 Å². The molecule has 1 aromatic carbocycles. The average molecular weight is 367 g/mol. The van der Waals surface area contributed by atoms with Gasteiger partial charge >= 0.3 is 0 Å². The number of hydrogen-bond donors (Lipinski definition) is 2. The maximum absolute atomic E-state index is 13.1. The highest BCUT2D eigenvalue weighted by Crippen LogP contribution is 2.47. The zero-order valence-electron chi connectivity index (χ0n) is 15.5. The minimum Gasteiger partial charge on any atom is -0.385 e. The third kappa shape index (κ3) is 3.08. The number of carbonyl (C=O) groups excluding carboxylic acids is 1. The van der Waals surface area contributed by atoms with E-state index in [2.05, 4.69) is 9.97 Å². The van der Waals surface area contributed by atoms with Crippen LogP contribution in [0.15, 0.2) is 41.3 Å². The van der Waals surface area contributed by atoms with E-state index in [9.17, 15) is 14.7 Å². The molecule has 1 aliphatic heterocycles. The molecule has 1 aliphatic carbocycles. The lowest BCUT2D eigenvalue weighted by Gasteiger charge is -2.52. The molecule has 1 saturated carbocycles. The summed E-state index contributed by atoms with van der Waals surface area (Å²) in [5, 5.41) is 11.6. The number of H-pyrrole nitrogens is 1. The fourth-order valence-corrected chi connectivity index (χ4v) is 4.81. The van der Waals surface area contributed by atoms with Crippen LogP contribution in [-0.2, 0) is 5.60 Å². The molecular weight excluding hydrogens is 342 g/mol. The van der Waals surface area contributed by atoms with E-state index < -0.39 is 11.2 Å². The third-order valence-corrected chi connectivity index (χ3v) is 6.17. The Morgan fingerprint density at radius 3 is 2.74 bits per heavy atom. The summed E-state index contributed by atoms with van der Waals surface area (Å²) >= 11 is 0. The molecule has 2 fully saturated rings. The standard InChI is InChI=1S/C21H25N3O3/c1-14-22-13-16(19(25)23-14)20(26)24-12-11-21(27,15-7-3-2-4-8-15)17-9-5-6-10-18(17)24/h2-4,7-8,13,17-18,27H,5-6,9-12H2,1H3,(H,22,23,25)/t17-,18-,21+/m0/s1. The molecule has 0 spiro atoms. The number of aromatic amines is 1. The summed E-state index contributed by atoms with van der Waals surface area (Å²) in [6.07, 6.45) is 5.64. The van der Waals surface area contributed by atoms with Crippen molar-refractivity contribution in [2.75, 3.05) is 6.54 Å². The minimum absolute atomic E-state index is 0.0242. The third-order valence-electron chi connectivity index (χ3n) is 6.17. The second-order valence-electron chi connectivity index (χ2n) is 7.71. The molecule has 0 radical (unpaired) electrons. The number of benzene rings is 1. The number of rotatable bonds is 2. The van der Waals surface area contributed by atoms with Crippen LogP contribution < -0.4 is 5.56 Å². The molecule has 142 valence electrons. The van der Waals surface area contributed by atoms with E-state index in [1.54, 1.807) is 11.8 Å². The van der Waals surface area contributed by atoms with E-state index in [1.807, 2.05) is 30.3 Å². The molecule has 1 saturated heterocycles. The van der Waals surface area contributed by atoms with Crippen molar-refractivity contribution in [2.24, 2.45) is 5.92 Å². The van der Waals surface area contributed by atoms with E-state index in [-0.39, 0.29) is 23.4 Å². The molecule has 3 atom stereocenters. The maximum Gasteiger partial charge on any atom is 0.263 e. The monoisotopic (exact) mass is 367 g/mol. The van der Waals surface area contributed by atoms with E-state index in [0.717, 1.165) is 31.2 Å². The van der Waals surface area contributed by atoms with Gasteiger partial charge in [-0.1, -0.05) is 43.2 Å². The zero-order valence-corrected chi connectivity index (χ0v) is 15.5. The van der Waals surface area contributed by atoms with Crippen molar-refractivity contribution in [3.8, 4) is 0 Å². The number of likely N-dealkylation sites (tertiary alicyclic amines) is 1. The predicted octanol–water partition coefficient (Wildman–Crippen LogP) is 2.37. The van der Waals surface area contributed by atoms with Crippen molar-refractivity contribution in [1.82, 2.24) is 14.9 Å². The summed E-state index contributed by atoms with van der Waals surface area (Å²) < 4.78 is 0. The first-order chi connectivity index (χ1) is 13.0. The van der Waals surface area contributed by atoms with Crippen LogP contribution in [0.2, 0.25) is 0 Å². The zero-order chi connectivity index (χ0) is 19.0. The first-order valence-corrected chi connectivity index (χ1v) is 9.65. The first-order valence-electron chi connectivity index (χ1n) is 9.65. The summed E-state index contributed by atoms with van der Waals surface area (Å²) in [6.45, 7) is 2.12. The minimum atomic E-state index is -0.929. The Hall–Kier alpha value is -2.47. The Bertz CT molecular complexity index is 895. The van der Waals surface area contributed by atoms with Gasteiger partial charge in [-0.15, -0.1) is 0 Å². The fourth-order valence-electron chi connectivity index (χ4n) is 4.81. The smallest absolute Gasteiger partial charge is 0.263 e. The van der Waals surface area contributed by atoms with Crippen LogP contribution in [0.3, 0.4) is 0 Å². The topological polar surface area (TPSA) is 86.3 Å². The molecular formula is C21H25N3O3. The Morgan fingerprint density at radius 2 is 2.00 bits per heavy atom. The number of aromatic nitrogens is 2. The van der Waals surface area contributed by atoms with E-state index >= 15 is 0 Å². The highest BCUT2D eigenvalue weighted by molar-refractivity contribution is 5.93. The molecule has 2 aliphatic rings. The van der Waals surface area contributed by atoms with Gasteiger partial charge in [-0.2, -0.15) is 0 Å². The second kappa shape index (κ2) is 6.93. The lowest BCUT2D eigenvalue weighted by atomic mass is 9.66. The number of aliphatic hydroxyl groups is 1. The molecule has 0 bridgehead atoms. The molecule has 4 rings (SSSR count). The molecule has 1 amide bonds. The number of aryl methyl sites for hydroxylation is 1. The van der Waals surface area contributed by atoms with Crippen molar-refractivity contribution in [3.63, 3.8) is 0 Å². The molecule has 2 N–H and O–H groups in total. The lowest BCUT2D eigenvalue weighted by molar-refractivity contribution is -0.110. The highest BCUT2D eigenvalue weighted by Gasteiger charge is 2.50. The van der Waals surface area contributed by atoms with Crippen LogP contribution in [0.25, 0.3) is 0 Å². The van der Waals surface area contributed by atoms with Gasteiger partial charge in [0.2, 0.25) is 0 Å². The van der Waals surface area contributed by atoms with Crippen molar-refractivity contribution in [1.29, 1.82) is 0 Å². The van der Waals surface area contributed by atoms with Gasteiger partial charge in [0.1, 0.15) is 11.4 Å². The summed E-state index contributed by atoms with van der Waals surface area (Å²) in [4.78, 5) is 33.8. The van der Waals surface area contributed by atoms with Gasteiger partial charge in [-0.05, 0) is 31.7 Å². The molecule has 1 aromatic heterocycles. The van der Waals surface area contributed by atoms with Crippen LogP contribution in [0.1, 0.15) is 53.8 Å². The molecule has 0 unspecified atom stereocenters. The summed E-state index contributed by atoms with van der Waals surface area (Å²) in [6, 6.07) is 9.71. The number of nitrogens with zero attached hydrogens (tertiary/aromatic N) is 2. The molecule has 2 aromatic rings. The Morgan fingerprint density at radius 1 is 1.26 bits per heavy atom. The Kier molecular flexibility index (Phi) is 4.60. The van der Waals surface area contributed by atoms with Crippen LogP contribution in [0.5, 0.6) is 0 Å². The first kappa shape index (κ1) is 17.9. The number of piperidine rings is 1. The molecule has 2 heterocycles. The molecule has 6 heteroatoms. The number of nitrogens with one attached hydrogen (secondary N) is 1. The number of amides is 1. The maximum atomic E-state index is 13.1. The van der Waals surface area contributed by atoms with Crippen molar-refractivity contribution in [3.05, 3.63) is 63.8 Å². The summed E-state index contributed by atoms with van der Waals surface area (Å²) in [5.74, 6) is 0.184. The van der Waals surface area contributed by atoms with Crippen LogP contribution in [0, 0.1) is 12.8 Å². The normalized spacial score (nSPS) is 27.9. The predicted molar refractivity (Wildman–Crippen MR) is 101 cm³/mol. The van der Waals surface area contributed by atoms with Gasteiger partial charge in [0.25, 0.3) is 11.5 Å². The van der Waals surface area contributed by atoms with Gasteiger partial charge in [0, 0.05) is 24.7 Å². The Labute approximate surface area is 158 Å². The Balaban J connectivity index is 1.67. The van der Waals surface area contributed by atoms with Gasteiger partial charge < -0.3 is 15.0 Å². The summed E-state index contributed by atoms with van der Waals surface area (Å²) in [7, 11) is 0. The van der Waals surface area contributed by atoms with Crippen molar-refractivity contribution < 1.29 is 9.90 Å². The highest BCUT2D eigenvalue weighted by atomic mass is 16.3. The number of carbonyl (C=O) groups is 1. The lowest BCUT2D eigenvalue weighted by Crippen LogP contribution is -2.59. The largest absolute Gasteiger partial charge is 0.385 e. The SMILES string of the molecule is Cc1ncc(C(=O)N2CC[C@@](O)(c3ccccc3)[C@H]3CCCC[C@@H]32)c(=O)[nH]1. The van der Waals surface area contributed by atoms with Gasteiger partial charge in [0.05, 0.1) is 5.60 Å². The second-order valence-corrected chi connectivity index (χ2v) is 7.71. The van der Waals surface area contributed by atoms with E-state index in [0.29, 0.717) is 18.8 Å². The van der Waals surface area contributed by atoms with Gasteiger partial charge in [-0.3, -0.25) is 9.59 Å². The number of fused-ring (bicyclic) bond motifs is 1. The summed E-state index contributed by atoms with van der Waals surface area (Å²) in [5.41, 5.74) is -0.330. The van der Waals surface area contributed by atoms with Crippen LogP contribution >= 0.6 is 0 Å². The number of hydrogen-bond acceptors (Lipinski definition) is 4. The van der Waals surface area contributed by atoms with Gasteiger partial charge in [0.15, 0.2) is 0 Å². The molecule has 27 heavy (non-hydrogen) atoms. The van der Waals surface area contributed by atoms with Crippen LogP contribution in [-0.4, -0.2) is 38.5 Å². The van der Waals surface area contributed by atoms with Crippen LogP contribution in [0.4, 0.5) is 0 Å². The molecule has 6 nitrogen and oxygen atoms in total. The van der Waals surface area contributed by atoms with E-state index in [4.69, 9.17) is 0 Å². The average Bonchev–Trinajstić information content (AvgIpc) is 2.69. The van der Waals surface area contributed by atoms with Crippen molar-refractivity contribution >= 4 is 5.91 Å². The fraction of sp³-hybridized carbons (Fsp3) is 0.476.